The van der Waals surface area contributed by atoms with Gasteiger partial charge in [0, 0.05) is 25.1 Å². The molecule has 0 bridgehead atoms. The molecule has 0 radical (unpaired) electrons. The highest BCUT2D eigenvalue weighted by Gasteiger charge is 2.39. The van der Waals surface area contributed by atoms with Gasteiger partial charge in [0.1, 0.15) is 6.04 Å². The van der Waals surface area contributed by atoms with E-state index >= 15 is 0 Å². The second kappa shape index (κ2) is 8.41. The van der Waals surface area contributed by atoms with Gasteiger partial charge in [0.2, 0.25) is 11.8 Å². The van der Waals surface area contributed by atoms with Gasteiger partial charge in [-0.25, -0.2) is 0 Å². The molecule has 1 aromatic carbocycles. The zero-order valence-corrected chi connectivity index (χ0v) is 16.1. The van der Waals surface area contributed by atoms with Crippen molar-refractivity contribution < 1.29 is 14.4 Å². The lowest BCUT2D eigenvalue weighted by molar-refractivity contribution is -0.136. The molecule has 0 aromatic heterocycles. The number of fused-ring (bicyclic) bond motifs is 1. The molecular formula is C21H28N4O3. The zero-order valence-electron chi connectivity index (χ0n) is 16.1. The van der Waals surface area contributed by atoms with E-state index in [1.165, 1.54) is 19.3 Å². The Hall–Kier alpha value is -2.25. The van der Waals surface area contributed by atoms with Crippen molar-refractivity contribution in [3.8, 4) is 0 Å². The molecule has 150 valence electrons. The maximum atomic E-state index is 12.8. The molecule has 0 aliphatic carbocycles. The first kappa shape index (κ1) is 19.1. The predicted molar refractivity (Wildman–Crippen MR) is 104 cm³/mol. The summed E-state index contributed by atoms with van der Waals surface area (Å²) in [5.74, 6) is 0.0592. The first-order chi connectivity index (χ1) is 13.6. The third-order valence-electron chi connectivity index (χ3n) is 6.18. The van der Waals surface area contributed by atoms with E-state index in [-0.39, 0.29) is 24.1 Å². The molecule has 0 spiro atoms. The third-order valence-corrected chi connectivity index (χ3v) is 6.18. The van der Waals surface area contributed by atoms with Gasteiger partial charge >= 0.3 is 0 Å². The van der Waals surface area contributed by atoms with Gasteiger partial charge in [-0.1, -0.05) is 12.1 Å². The highest BCUT2D eigenvalue weighted by molar-refractivity contribution is 6.05. The number of carbonyl (C=O) groups is 3. The van der Waals surface area contributed by atoms with E-state index in [9.17, 15) is 14.4 Å². The molecule has 3 aliphatic rings. The fraction of sp³-hybridized carbons (Fsp3) is 0.571. The summed E-state index contributed by atoms with van der Waals surface area (Å²) in [6.07, 6.45) is 4.35. The Morgan fingerprint density at radius 1 is 1.11 bits per heavy atom. The molecule has 7 nitrogen and oxygen atoms in total. The fourth-order valence-electron chi connectivity index (χ4n) is 4.52. The monoisotopic (exact) mass is 384 g/mol. The van der Waals surface area contributed by atoms with Crippen molar-refractivity contribution in [1.29, 1.82) is 0 Å². The number of rotatable bonds is 6. The second-order valence-corrected chi connectivity index (χ2v) is 8.00. The van der Waals surface area contributed by atoms with Crippen LogP contribution in [0.5, 0.6) is 0 Å². The molecule has 2 saturated heterocycles. The highest BCUT2D eigenvalue weighted by Crippen LogP contribution is 2.29. The molecule has 7 heteroatoms. The van der Waals surface area contributed by atoms with Crippen LogP contribution in [-0.4, -0.2) is 48.3 Å². The number of nitrogens with zero attached hydrogens (tertiary/aromatic N) is 1. The van der Waals surface area contributed by atoms with E-state index in [1.54, 1.807) is 4.90 Å². The topological polar surface area (TPSA) is 90.5 Å². The third kappa shape index (κ3) is 3.95. The summed E-state index contributed by atoms with van der Waals surface area (Å²) in [5, 5.41) is 9.28. The molecular weight excluding hydrogens is 356 g/mol. The van der Waals surface area contributed by atoms with Crippen LogP contribution in [0, 0.1) is 5.92 Å². The van der Waals surface area contributed by atoms with E-state index in [0.29, 0.717) is 18.5 Å². The quantitative estimate of drug-likeness (QED) is 0.501. The number of amides is 3. The summed E-state index contributed by atoms with van der Waals surface area (Å²) >= 11 is 0. The molecule has 2 fully saturated rings. The van der Waals surface area contributed by atoms with Crippen molar-refractivity contribution >= 4 is 17.7 Å². The summed E-state index contributed by atoms with van der Waals surface area (Å²) in [4.78, 5) is 38.1. The molecule has 3 heterocycles. The number of carbonyl (C=O) groups excluding carboxylic acids is 3. The molecule has 0 saturated carbocycles. The molecule has 1 aromatic rings. The van der Waals surface area contributed by atoms with Gasteiger partial charge in [-0.3, -0.25) is 19.7 Å². The minimum absolute atomic E-state index is 0.110. The minimum Gasteiger partial charge on any atom is -0.322 e. The highest BCUT2D eigenvalue weighted by atomic mass is 16.2. The normalized spacial score (nSPS) is 23.1. The Morgan fingerprint density at radius 2 is 1.93 bits per heavy atom. The SMILES string of the molecule is O=C1CCC(N2Cc3c(CNCCC4CCNCC4)cccc3C2=O)C(=O)N1. The van der Waals surface area contributed by atoms with Crippen LogP contribution >= 0.6 is 0 Å². The maximum absolute atomic E-state index is 12.8. The van der Waals surface area contributed by atoms with E-state index < -0.39 is 6.04 Å². The van der Waals surface area contributed by atoms with E-state index in [2.05, 4.69) is 22.0 Å². The van der Waals surface area contributed by atoms with Crippen molar-refractivity contribution in [2.75, 3.05) is 19.6 Å². The van der Waals surface area contributed by atoms with E-state index in [1.807, 2.05) is 12.1 Å². The predicted octanol–water partition coefficient (Wildman–Crippen LogP) is 0.927. The lowest BCUT2D eigenvalue weighted by Gasteiger charge is -2.29. The Bertz CT molecular complexity index is 773. The van der Waals surface area contributed by atoms with Crippen molar-refractivity contribution in [3.05, 3.63) is 34.9 Å². The number of nitrogens with one attached hydrogen (secondary N) is 3. The molecule has 1 atom stereocenters. The second-order valence-electron chi connectivity index (χ2n) is 8.00. The van der Waals surface area contributed by atoms with Crippen LogP contribution in [-0.2, 0) is 22.7 Å². The zero-order chi connectivity index (χ0) is 19.5. The van der Waals surface area contributed by atoms with Gasteiger partial charge in [-0.2, -0.15) is 0 Å². The van der Waals surface area contributed by atoms with Crippen LogP contribution < -0.4 is 16.0 Å². The lowest BCUT2D eigenvalue weighted by atomic mass is 9.95. The van der Waals surface area contributed by atoms with Gasteiger partial charge in [0.05, 0.1) is 0 Å². The average molecular weight is 384 g/mol. The number of piperidine rings is 2. The fourth-order valence-corrected chi connectivity index (χ4v) is 4.52. The van der Waals surface area contributed by atoms with E-state index in [0.717, 1.165) is 43.2 Å². The lowest BCUT2D eigenvalue weighted by Crippen LogP contribution is -2.52. The molecule has 3 aliphatic heterocycles. The number of hydrogen-bond acceptors (Lipinski definition) is 5. The minimum atomic E-state index is -0.557. The Labute approximate surface area is 165 Å². The molecule has 28 heavy (non-hydrogen) atoms. The standard InChI is InChI=1S/C21H28N4O3/c26-19-5-4-18(20(27)24-19)25-13-17-15(2-1-3-16(17)21(25)28)12-23-11-8-14-6-9-22-10-7-14/h1-3,14,18,22-23H,4-13H2,(H,24,26,27). The molecule has 1 unspecified atom stereocenters. The van der Waals surface area contributed by atoms with Crippen LogP contribution in [0.15, 0.2) is 18.2 Å². The van der Waals surface area contributed by atoms with Crippen molar-refractivity contribution in [2.45, 2.75) is 51.2 Å². The number of imide groups is 1. The van der Waals surface area contributed by atoms with Crippen LogP contribution in [0.1, 0.15) is 53.6 Å². The van der Waals surface area contributed by atoms with Gasteiger partial charge in [-0.05, 0) is 68.4 Å². The van der Waals surface area contributed by atoms with E-state index in [4.69, 9.17) is 0 Å². The Balaban J connectivity index is 1.37. The largest absolute Gasteiger partial charge is 0.322 e. The first-order valence-corrected chi connectivity index (χ1v) is 10.3. The summed E-state index contributed by atoms with van der Waals surface area (Å²) in [7, 11) is 0. The van der Waals surface area contributed by atoms with Crippen LogP contribution in [0.25, 0.3) is 0 Å². The molecule has 3 N–H and O–H groups in total. The number of benzene rings is 1. The summed E-state index contributed by atoms with van der Waals surface area (Å²) in [5.41, 5.74) is 2.81. The van der Waals surface area contributed by atoms with Crippen molar-refractivity contribution in [1.82, 2.24) is 20.9 Å². The van der Waals surface area contributed by atoms with Gasteiger partial charge < -0.3 is 15.5 Å². The summed E-state index contributed by atoms with van der Waals surface area (Å²) < 4.78 is 0. The van der Waals surface area contributed by atoms with Crippen LogP contribution in [0.3, 0.4) is 0 Å². The Kier molecular flexibility index (Phi) is 5.73. The molecule has 4 rings (SSSR count). The van der Waals surface area contributed by atoms with Gasteiger partial charge in [0.25, 0.3) is 5.91 Å². The summed E-state index contributed by atoms with van der Waals surface area (Å²) in [6, 6.07) is 5.24. The Morgan fingerprint density at radius 3 is 2.71 bits per heavy atom. The average Bonchev–Trinajstić information content (AvgIpc) is 3.03. The van der Waals surface area contributed by atoms with Crippen molar-refractivity contribution in [3.63, 3.8) is 0 Å². The summed E-state index contributed by atoms with van der Waals surface area (Å²) in [6.45, 7) is 4.38. The van der Waals surface area contributed by atoms with Gasteiger partial charge in [-0.15, -0.1) is 0 Å². The van der Waals surface area contributed by atoms with Crippen LogP contribution in [0.4, 0.5) is 0 Å². The molecule has 3 amide bonds. The first-order valence-electron chi connectivity index (χ1n) is 10.3. The maximum Gasteiger partial charge on any atom is 0.255 e. The van der Waals surface area contributed by atoms with Crippen LogP contribution in [0.2, 0.25) is 0 Å². The van der Waals surface area contributed by atoms with Crippen molar-refractivity contribution in [2.24, 2.45) is 5.92 Å². The smallest absolute Gasteiger partial charge is 0.255 e. The van der Waals surface area contributed by atoms with Gasteiger partial charge in [0.15, 0.2) is 0 Å². The number of hydrogen-bond donors (Lipinski definition) is 3.